The average molecular weight is 308 g/mol. The van der Waals surface area contributed by atoms with Gasteiger partial charge in [0.15, 0.2) is 0 Å². The molecular weight excluding hydrogens is 288 g/mol. The maximum atomic E-state index is 12.1. The molecule has 0 radical (unpaired) electrons. The van der Waals surface area contributed by atoms with Crippen molar-refractivity contribution in [3.8, 4) is 0 Å². The van der Waals surface area contributed by atoms with Crippen molar-refractivity contribution in [3.05, 3.63) is 29.8 Å². The van der Waals surface area contributed by atoms with Crippen LogP contribution in [-0.2, 0) is 11.3 Å². The summed E-state index contributed by atoms with van der Waals surface area (Å²) in [6.45, 7) is 1.38. The molecule has 1 aliphatic rings. The number of nitrogens with one attached hydrogen (secondary N) is 1. The van der Waals surface area contributed by atoms with Crippen molar-refractivity contribution in [2.45, 2.75) is 24.3 Å². The van der Waals surface area contributed by atoms with Crippen molar-refractivity contribution in [2.24, 2.45) is 5.92 Å². The highest BCUT2D eigenvalue weighted by molar-refractivity contribution is 7.98. The van der Waals surface area contributed by atoms with Crippen LogP contribution >= 0.6 is 11.8 Å². The zero-order valence-electron chi connectivity index (χ0n) is 12.0. The van der Waals surface area contributed by atoms with E-state index in [0.717, 1.165) is 12.0 Å². The van der Waals surface area contributed by atoms with E-state index in [4.69, 9.17) is 5.11 Å². The number of benzene rings is 1. The number of thioether (sulfide) groups is 1. The minimum Gasteiger partial charge on any atom is -0.481 e. The summed E-state index contributed by atoms with van der Waals surface area (Å²) in [4.78, 5) is 25.9. The molecule has 1 unspecified atom stereocenters. The molecule has 1 saturated heterocycles. The van der Waals surface area contributed by atoms with Gasteiger partial charge in [0.1, 0.15) is 0 Å². The van der Waals surface area contributed by atoms with E-state index >= 15 is 0 Å². The van der Waals surface area contributed by atoms with Crippen LogP contribution in [0, 0.1) is 5.92 Å². The number of hydrogen-bond acceptors (Lipinski definition) is 3. The van der Waals surface area contributed by atoms with Crippen molar-refractivity contribution in [1.82, 2.24) is 10.2 Å². The first-order chi connectivity index (χ1) is 10.1. The molecule has 5 nitrogen and oxygen atoms in total. The van der Waals surface area contributed by atoms with Crippen LogP contribution in [0.15, 0.2) is 29.2 Å². The molecule has 1 aromatic carbocycles. The smallest absolute Gasteiger partial charge is 0.317 e. The summed E-state index contributed by atoms with van der Waals surface area (Å²) in [5.41, 5.74) is 1.04. The summed E-state index contributed by atoms with van der Waals surface area (Å²) in [6.07, 6.45) is 3.41. The van der Waals surface area contributed by atoms with Gasteiger partial charge in [-0.1, -0.05) is 12.1 Å². The van der Waals surface area contributed by atoms with Gasteiger partial charge in [0.05, 0.1) is 5.92 Å². The fraction of sp³-hybridized carbons (Fsp3) is 0.467. The lowest BCUT2D eigenvalue weighted by molar-refractivity contribution is -0.143. The van der Waals surface area contributed by atoms with E-state index in [1.807, 2.05) is 30.5 Å². The highest BCUT2D eigenvalue weighted by Gasteiger charge is 2.27. The number of nitrogens with zero attached hydrogens (tertiary/aromatic N) is 1. The second-order valence-electron chi connectivity index (χ2n) is 5.13. The van der Waals surface area contributed by atoms with E-state index in [-0.39, 0.29) is 6.03 Å². The van der Waals surface area contributed by atoms with Crippen LogP contribution in [0.1, 0.15) is 18.4 Å². The van der Waals surface area contributed by atoms with E-state index in [2.05, 4.69) is 5.32 Å². The fourth-order valence-corrected chi connectivity index (χ4v) is 2.80. The Balaban J connectivity index is 1.84. The maximum Gasteiger partial charge on any atom is 0.317 e. The first kappa shape index (κ1) is 15.7. The lowest BCUT2D eigenvalue weighted by atomic mass is 9.99. The molecule has 1 atom stereocenters. The Morgan fingerprint density at radius 1 is 1.38 bits per heavy atom. The van der Waals surface area contributed by atoms with Crippen LogP contribution in [0.2, 0.25) is 0 Å². The highest BCUT2D eigenvalue weighted by Crippen LogP contribution is 2.17. The summed E-state index contributed by atoms with van der Waals surface area (Å²) >= 11 is 1.68. The molecule has 0 bridgehead atoms. The summed E-state index contributed by atoms with van der Waals surface area (Å²) in [7, 11) is 0. The van der Waals surface area contributed by atoms with Crippen molar-refractivity contribution < 1.29 is 14.7 Å². The molecule has 6 heteroatoms. The third-order valence-corrected chi connectivity index (χ3v) is 4.40. The van der Waals surface area contributed by atoms with Crippen LogP contribution in [0.5, 0.6) is 0 Å². The second kappa shape index (κ2) is 7.36. The summed E-state index contributed by atoms with van der Waals surface area (Å²) in [5.74, 6) is -1.26. The number of rotatable bonds is 4. The minimum absolute atomic E-state index is 0.185. The van der Waals surface area contributed by atoms with Crippen molar-refractivity contribution in [3.63, 3.8) is 0 Å². The van der Waals surface area contributed by atoms with Crippen LogP contribution in [0.4, 0.5) is 4.79 Å². The summed E-state index contributed by atoms with van der Waals surface area (Å²) in [6, 6.07) is 7.83. The Kier molecular flexibility index (Phi) is 5.50. The van der Waals surface area contributed by atoms with Crippen molar-refractivity contribution >= 4 is 23.8 Å². The second-order valence-corrected chi connectivity index (χ2v) is 6.01. The Morgan fingerprint density at radius 2 is 2.10 bits per heavy atom. The number of carbonyl (C=O) groups is 2. The number of carbonyl (C=O) groups excluding carboxylic acids is 1. The molecule has 1 aromatic rings. The molecule has 0 spiro atoms. The number of hydrogen-bond donors (Lipinski definition) is 2. The monoisotopic (exact) mass is 308 g/mol. The van der Waals surface area contributed by atoms with Gasteiger partial charge in [-0.3, -0.25) is 4.79 Å². The van der Waals surface area contributed by atoms with Gasteiger partial charge in [-0.2, -0.15) is 0 Å². The van der Waals surface area contributed by atoms with Crippen LogP contribution in [-0.4, -0.2) is 41.4 Å². The molecule has 114 valence electrons. The first-order valence-electron chi connectivity index (χ1n) is 6.98. The zero-order chi connectivity index (χ0) is 15.2. The molecule has 2 rings (SSSR count). The predicted octanol–water partition coefficient (Wildman–Crippen LogP) is 2.41. The van der Waals surface area contributed by atoms with Crippen molar-refractivity contribution in [1.29, 1.82) is 0 Å². The standard InChI is InChI=1S/C15H20N2O3S/c1-21-13-6-4-11(5-7-13)9-16-15(20)17-8-2-3-12(10-17)14(18)19/h4-7,12H,2-3,8-10H2,1H3,(H,16,20)(H,18,19). The largest absolute Gasteiger partial charge is 0.481 e. The number of carboxylic acids is 1. The van der Waals surface area contributed by atoms with E-state index in [1.54, 1.807) is 16.7 Å². The molecule has 21 heavy (non-hydrogen) atoms. The lowest BCUT2D eigenvalue weighted by Crippen LogP contribution is -2.46. The normalized spacial score (nSPS) is 18.3. The van der Waals surface area contributed by atoms with E-state index < -0.39 is 11.9 Å². The van der Waals surface area contributed by atoms with E-state index in [0.29, 0.717) is 26.1 Å². The maximum absolute atomic E-state index is 12.1. The number of amides is 2. The Bertz CT molecular complexity index is 504. The van der Waals surface area contributed by atoms with Gasteiger partial charge in [0, 0.05) is 24.5 Å². The molecule has 2 N–H and O–H groups in total. The van der Waals surface area contributed by atoms with Gasteiger partial charge >= 0.3 is 12.0 Å². The SMILES string of the molecule is CSc1ccc(CNC(=O)N2CCCC(C(=O)O)C2)cc1. The minimum atomic E-state index is -0.819. The number of carboxylic acid groups (broad SMARTS) is 1. The van der Waals surface area contributed by atoms with Gasteiger partial charge < -0.3 is 15.3 Å². The lowest BCUT2D eigenvalue weighted by Gasteiger charge is -2.30. The van der Waals surface area contributed by atoms with Crippen LogP contribution in [0.25, 0.3) is 0 Å². The zero-order valence-corrected chi connectivity index (χ0v) is 12.9. The Morgan fingerprint density at radius 3 is 2.71 bits per heavy atom. The predicted molar refractivity (Wildman–Crippen MR) is 82.4 cm³/mol. The third-order valence-electron chi connectivity index (χ3n) is 3.66. The number of piperidine rings is 1. The summed E-state index contributed by atoms with van der Waals surface area (Å²) < 4.78 is 0. The van der Waals surface area contributed by atoms with Crippen molar-refractivity contribution in [2.75, 3.05) is 19.3 Å². The van der Waals surface area contributed by atoms with Gasteiger partial charge in [-0.25, -0.2) is 4.79 Å². The van der Waals surface area contributed by atoms with E-state index in [9.17, 15) is 9.59 Å². The Labute approximate surface area is 128 Å². The molecule has 1 aliphatic heterocycles. The fourth-order valence-electron chi connectivity index (χ4n) is 2.40. The topological polar surface area (TPSA) is 69.6 Å². The Hall–Kier alpha value is -1.69. The van der Waals surface area contributed by atoms with Crippen LogP contribution in [0.3, 0.4) is 0 Å². The highest BCUT2D eigenvalue weighted by atomic mass is 32.2. The van der Waals surface area contributed by atoms with Gasteiger partial charge in [0.25, 0.3) is 0 Å². The number of aliphatic carboxylic acids is 1. The molecular formula is C15H20N2O3S. The number of likely N-dealkylation sites (tertiary alicyclic amines) is 1. The van der Waals surface area contributed by atoms with Gasteiger partial charge in [-0.05, 0) is 36.8 Å². The quantitative estimate of drug-likeness (QED) is 0.838. The molecule has 0 aliphatic carbocycles. The molecule has 2 amide bonds. The average Bonchev–Trinajstić information content (AvgIpc) is 2.53. The molecule has 1 heterocycles. The molecule has 0 saturated carbocycles. The third kappa shape index (κ3) is 4.39. The first-order valence-corrected chi connectivity index (χ1v) is 8.21. The molecule has 1 fully saturated rings. The number of urea groups is 1. The van der Waals surface area contributed by atoms with Gasteiger partial charge in [0.2, 0.25) is 0 Å². The summed E-state index contributed by atoms with van der Waals surface area (Å²) in [5, 5.41) is 11.9. The molecule has 0 aromatic heterocycles. The van der Waals surface area contributed by atoms with Crippen LogP contribution < -0.4 is 5.32 Å². The van der Waals surface area contributed by atoms with E-state index in [1.165, 1.54) is 4.90 Å². The van der Waals surface area contributed by atoms with Gasteiger partial charge in [-0.15, -0.1) is 11.8 Å².